The van der Waals surface area contributed by atoms with Gasteiger partial charge in [-0.05, 0) is 24.1 Å². The molecule has 4 nitrogen and oxygen atoms in total. The number of carboxylic acids is 1. The normalized spacial score (nSPS) is 10.0. The van der Waals surface area contributed by atoms with Crippen LogP contribution in [0.1, 0.15) is 21.5 Å². The zero-order chi connectivity index (χ0) is 9.84. The molecule has 0 heterocycles. The molecule has 0 bridgehead atoms. The molecule has 0 spiro atoms. The van der Waals surface area contributed by atoms with Gasteiger partial charge in [-0.1, -0.05) is 12.1 Å². The third-order valence-electron chi connectivity index (χ3n) is 1.77. The summed E-state index contributed by atoms with van der Waals surface area (Å²) in [6.07, 6.45) is 0. The Morgan fingerprint density at radius 1 is 1.62 bits per heavy atom. The molecule has 13 heavy (non-hydrogen) atoms. The van der Waals surface area contributed by atoms with E-state index in [9.17, 15) is 4.79 Å². The molecule has 0 unspecified atom stereocenters. The van der Waals surface area contributed by atoms with Crippen molar-refractivity contribution < 1.29 is 14.7 Å². The summed E-state index contributed by atoms with van der Waals surface area (Å²) in [7, 11) is 0. The van der Waals surface area contributed by atoms with E-state index in [1.807, 2.05) is 0 Å². The summed E-state index contributed by atoms with van der Waals surface area (Å²) in [5.74, 6) is 3.97. The van der Waals surface area contributed by atoms with Crippen LogP contribution in [0.15, 0.2) is 18.2 Å². The van der Waals surface area contributed by atoms with Crippen molar-refractivity contribution in [3.63, 3.8) is 0 Å². The van der Waals surface area contributed by atoms with Gasteiger partial charge in [-0.2, -0.15) is 0 Å². The lowest BCUT2D eigenvalue weighted by Gasteiger charge is -2.03. The maximum absolute atomic E-state index is 10.6. The summed E-state index contributed by atoms with van der Waals surface area (Å²) in [6, 6.07) is 4.98. The second-order valence-corrected chi connectivity index (χ2v) is 2.77. The fourth-order valence-electron chi connectivity index (χ4n) is 1.15. The van der Waals surface area contributed by atoms with Gasteiger partial charge in [0.1, 0.15) is 0 Å². The van der Waals surface area contributed by atoms with E-state index in [-0.39, 0.29) is 0 Å². The van der Waals surface area contributed by atoms with E-state index >= 15 is 0 Å². The zero-order valence-corrected chi connectivity index (χ0v) is 7.28. The first-order valence-corrected chi connectivity index (χ1v) is 3.79. The molecule has 1 rings (SSSR count). The largest absolute Gasteiger partial charge is 0.478 e. The minimum Gasteiger partial charge on any atom is -0.478 e. The highest BCUT2D eigenvalue weighted by molar-refractivity contribution is 5.89. The molecule has 0 aliphatic carbocycles. The van der Waals surface area contributed by atoms with E-state index in [0.717, 1.165) is 5.56 Å². The lowest BCUT2D eigenvalue weighted by molar-refractivity contribution is 0.0696. The molecule has 0 saturated heterocycles. The Balaban J connectivity index is 2.98. The molecular weight excluding hydrogens is 170 g/mol. The Hall–Kier alpha value is -1.39. The number of aryl methyl sites for hydroxylation is 1. The minimum absolute atomic E-state index is 0.292. The molecule has 0 saturated carbocycles. The van der Waals surface area contributed by atoms with Crippen LogP contribution in [-0.2, 0) is 11.4 Å². The van der Waals surface area contributed by atoms with Crippen molar-refractivity contribution in [1.82, 2.24) is 0 Å². The summed E-state index contributed by atoms with van der Waals surface area (Å²) in [6.45, 7) is 2.03. The molecule has 0 amide bonds. The highest BCUT2D eigenvalue weighted by atomic mass is 16.6. The van der Waals surface area contributed by atoms with Gasteiger partial charge < -0.3 is 5.11 Å². The van der Waals surface area contributed by atoms with Crippen molar-refractivity contribution in [2.45, 2.75) is 13.5 Å². The number of benzene rings is 1. The van der Waals surface area contributed by atoms with Crippen LogP contribution in [0.25, 0.3) is 0 Å². The molecule has 1 aromatic carbocycles. The molecule has 4 heteroatoms. The molecule has 1 aromatic rings. The number of hydrogen-bond donors (Lipinski definition) is 2. The second kappa shape index (κ2) is 4.02. The fraction of sp³-hybridized carbons (Fsp3) is 0.222. The first kappa shape index (κ1) is 9.70. The molecule has 70 valence electrons. The summed E-state index contributed by atoms with van der Waals surface area (Å²) >= 11 is 0. The first-order valence-electron chi connectivity index (χ1n) is 3.79. The lowest BCUT2D eigenvalue weighted by atomic mass is 10.1. The van der Waals surface area contributed by atoms with Crippen LogP contribution in [0.3, 0.4) is 0 Å². The fourth-order valence-corrected chi connectivity index (χ4v) is 1.15. The third-order valence-corrected chi connectivity index (χ3v) is 1.77. The SMILES string of the molecule is Cc1cc(CON)ccc1C(=O)O. The number of carbonyl (C=O) groups is 1. The van der Waals surface area contributed by atoms with Crippen molar-refractivity contribution >= 4 is 5.97 Å². The van der Waals surface area contributed by atoms with Gasteiger partial charge >= 0.3 is 5.97 Å². The number of aromatic carboxylic acids is 1. The highest BCUT2D eigenvalue weighted by Gasteiger charge is 2.06. The van der Waals surface area contributed by atoms with Crippen LogP contribution in [0.5, 0.6) is 0 Å². The maximum Gasteiger partial charge on any atom is 0.335 e. The average Bonchev–Trinajstić information content (AvgIpc) is 2.04. The lowest BCUT2D eigenvalue weighted by Crippen LogP contribution is -2.03. The second-order valence-electron chi connectivity index (χ2n) is 2.77. The number of rotatable bonds is 3. The van der Waals surface area contributed by atoms with Crippen molar-refractivity contribution in [3.05, 3.63) is 34.9 Å². The van der Waals surface area contributed by atoms with Gasteiger partial charge in [-0.25, -0.2) is 10.7 Å². The van der Waals surface area contributed by atoms with E-state index < -0.39 is 5.97 Å². The van der Waals surface area contributed by atoms with Gasteiger partial charge in [0.15, 0.2) is 0 Å². The Morgan fingerprint density at radius 3 is 2.77 bits per heavy atom. The standard InChI is InChI=1S/C9H11NO3/c1-6-4-7(5-13-10)2-3-8(6)9(11)12/h2-4H,5,10H2,1H3,(H,11,12). The van der Waals surface area contributed by atoms with Crippen LogP contribution in [0.2, 0.25) is 0 Å². The van der Waals surface area contributed by atoms with Crippen LogP contribution < -0.4 is 5.90 Å². The van der Waals surface area contributed by atoms with E-state index in [1.165, 1.54) is 0 Å². The molecule has 0 radical (unpaired) electrons. The van der Waals surface area contributed by atoms with Gasteiger partial charge in [0.05, 0.1) is 12.2 Å². The Morgan fingerprint density at radius 2 is 2.31 bits per heavy atom. The zero-order valence-electron chi connectivity index (χ0n) is 7.28. The van der Waals surface area contributed by atoms with E-state index in [0.29, 0.717) is 17.7 Å². The van der Waals surface area contributed by atoms with Gasteiger partial charge in [0.2, 0.25) is 0 Å². The summed E-state index contributed by atoms with van der Waals surface area (Å²) in [5.41, 5.74) is 1.88. The average molecular weight is 181 g/mol. The highest BCUT2D eigenvalue weighted by Crippen LogP contribution is 2.11. The third kappa shape index (κ3) is 2.27. The van der Waals surface area contributed by atoms with E-state index in [2.05, 4.69) is 4.84 Å². The van der Waals surface area contributed by atoms with Gasteiger partial charge in [0, 0.05) is 0 Å². The van der Waals surface area contributed by atoms with E-state index in [4.69, 9.17) is 11.0 Å². The first-order chi connectivity index (χ1) is 6.15. The summed E-state index contributed by atoms with van der Waals surface area (Å²) < 4.78 is 0. The predicted molar refractivity (Wildman–Crippen MR) is 47.1 cm³/mol. The number of hydrogen-bond acceptors (Lipinski definition) is 3. The minimum atomic E-state index is -0.919. The number of carboxylic acid groups (broad SMARTS) is 1. The molecule has 0 aliphatic rings. The Labute approximate surface area is 75.9 Å². The molecule has 0 aliphatic heterocycles. The van der Waals surface area contributed by atoms with E-state index in [1.54, 1.807) is 25.1 Å². The van der Waals surface area contributed by atoms with Crippen molar-refractivity contribution in [2.24, 2.45) is 5.90 Å². The van der Waals surface area contributed by atoms with Crippen molar-refractivity contribution in [2.75, 3.05) is 0 Å². The van der Waals surface area contributed by atoms with Crippen LogP contribution in [-0.4, -0.2) is 11.1 Å². The van der Waals surface area contributed by atoms with Crippen LogP contribution >= 0.6 is 0 Å². The van der Waals surface area contributed by atoms with Gasteiger partial charge in [-0.3, -0.25) is 4.84 Å². The topological polar surface area (TPSA) is 72.5 Å². The predicted octanol–water partition coefficient (Wildman–Crippen LogP) is 1.08. The molecule has 3 N–H and O–H groups in total. The molecular formula is C9H11NO3. The smallest absolute Gasteiger partial charge is 0.335 e. The van der Waals surface area contributed by atoms with Gasteiger partial charge in [-0.15, -0.1) is 0 Å². The van der Waals surface area contributed by atoms with Crippen LogP contribution in [0, 0.1) is 6.92 Å². The van der Waals surface area contributed by atoms with Crippen LogP contribution in [0.4, 0.5) is 0 Å². The quantitative estimate of drug-likeness (QED) is 0.684. The number of nitrogens with two attached hydrogens (primary N) is 1. The molecule has 0 fully saturated rings. The Kier molecular flexibility index (Phi) is 3.00. The monoisotopic (exact) mass is 181 g/mol. The van der Waals surface area contributed by atoms with Crippen molar-refractivity contribution in [3.8, 4) is 0 Å². The summed E-state index contributed by atoms with van der Waals surface area (Å²) in [4.78, 5) is 15.1. The molecule has 0 aromatic heterocycles. The van der Waals surface area contributed by atoms with Crippen molar-refractivity contribution in [1.29, 1.82) is 0 Å². The summed E-state index contributed by atoms with van der Waals surface area (Å²) in [5, 5.41) is 8.73. The van der Waals surface area contributed by atoms with Gasteiger partial charge in [0.25, 0.3) is 0 Å². The molecule has 0 atom stereocenters. The Bertz CT molecular complexity index is 323. The maximum atomic E-state index is 10.6.